The van der Waals surface area contributed by atoms with Crippen molar-refractivity contribution in [1.82, 2.24) is 14.8 Å². The Morgan fingerprint density at radius 1 is 1.14 bits per heavy atom. The monoisotopic (exact) mass is 436 g/mol. The van der Waals surface area contributed by atoms with Gasteiger partial charge in [-0.1, -0.05) is 35.0 Å². The Balaban J connectivity index is 1.68. The summed E-state index contributed by atoms with van der Waals surface area (Å²) in [4.78, 5) is 12.3. The zero-order valence-electron chi connectivity index (χ0n) is 15.3. The van der Waals surface area contributed by atoms with Gasteiger partial charge in [-0.15, -0.1) is 10.2 Å². The number of thioether (sulfide) groups is 1. The fourth-order valence-electron chi connectivity index (χ4n) is 2.59. The maximum absolute atomic E-state index is 12.3. The molecular weight excluding hydrogens is 419 g/mol. The number of halogens is 2. The number of carbonyl (C=O) groups is 1. The molecule has 0 spiro atoms. The minimum absolute atomic E-state index is 0.181. The van der Waals surface area contributed by atoms with Crippen LogP contribution in [-0.4, -0.2) is 33.5 Å². The summed E-state index contributed by atoms with van der Waals surface area (Å²) in [6, 6.07) is 12.5. The number of rotatable bonds is 7. The van der Waals surface area contributed by atoms with Crippen molar-refractivity contribution in [2.75, 3.05) is 18.2 Å². The van der Waals surface area contributed by atoms with Gasteiger partial charge in [-0.25, -0.2) is 0 Å². The number of hydrogen-bond donors (Lipinski definition) is 1. The first-order valence-electron chi connectivity index (χ1n) is 8.46. The third-order valence-corrected chi connectivity index (χ3v) is 5.26. The largest absolute Gasteiger partial charge is 0.497 e. The van der Waals surface area contributed by atoms with E-state index in [0.29, 0.717) is 27.4 Å². The van der Waals surface area contributed by atoms with E-state index >= 15 is 0 Å². The molecule has 0 radical (unpaired) electrons. The van der Waals surface area contributed by atoms with E-state index in [-0.39, 0.29) is 11.7 Å². The molecule has 0 atom stereocenters. The third-order valence-electron chi connectivity index (χ3n) is 3.86. The average Bonchev–Trinajstić information content (AvgIpc) is 3.08. The van der Waals surface area contributed by atoms with Gasteiger partial charge in [0.2, 0.25) is 5.91 Å². The fraction of sp³-hybridized carbons (Fsp3) is 0.211. The Hall–Kier alpha value is -2.22. The van der Waals surface area contributed by atoms with E-state index in [1.807, 2.05) is 35.8 Å². The molecule has 0 aliphatic rings. The van der Waals surface area contributed by atoms with Crippen molar-refractivity contribution < 1.29 is 9.53 Å². The number of anilines is 1. The van der Waals surface area contributed by atoms with E-state index in [1.165, 1.54) is 11.8 Å². The van der Waals surface area contributed by atoms with Crippen LogP contribution in [0.5, 0.6) is 5.75 Å². The number of aromatic nitrogens is 3. The van der Waals surface area contributed by atoms with Crippen LogP contribution in [0, 0.1) is 0 Å². The molecule has 9 heteroatoms. The molecule has 6 nitrogen and oxygen atoms in total. The number of amides is 1. The van der Waals surface area contributed by atoms with Gasteiger partial charge >= 0.3 is 0 Å². The summed E-state index contributed by atoms with van der Waals surface area (Å²) in [5, 5.41) is 12.9. The molecule has 1 heterocycles. The van der Waals surface area contributed by atoms with Gasteiger partial charge in [0.15, 0.2) is 11.0 Å². The van der Waals surface area contributed by atoms with Gasteiger partial charge in [0.05, 0.1) is 12.9 Å². The van der Waals surface area contributed by atoms with Gasteiger partial charge in [0.25, 0.3) is 0 Å². The predicted molar refractivity (Wildman–Crippen MR) is 113 cm³/mol. The molecule has 146 valence electrons. The van der Waals surface area contributed by atoms with E-state index in [1.54, 1.807) is 25.3 Å². The summed E-state index contributed by atoms with van der Waals surface area (Å²) in [6.07, 6.45) is 0. The molecular formula is C19H18Cl2N4O2S. The lowest BCUT2D eigenvalue weighted by Gasteiger charge is -2.09. The van der Waals surface area contributed by atoms with Crippen LogP contribution in [-0.2, 0) is 11.3 Å². The van der Waals surface area contributed by atoms with E-state index in [0.717, 1.165) is 17.1 Å². The minimum atomic E-state index is -0.181. The molecule has 0 fully saturated rings. The minimum Gasteiger partial charge on any atom is -0.497 e. The zero-order chi connectivity index (χ0) is 20.1. The van der Waals surface area contributed by atoms with Crippen molar-refractivity contribution in [2.24, 2.45) is 0 Å². The maximum Gasteiger partial charge on any atom is 0.234 e. The van der Waals surface area contributed by atoms with Gasteiger partial charge in [0, 0.05) is 27.8 Å². The van der Waals surface area contributed by atoms with Gasteiger partial charge in [0.1, 0.15) is 5.75 Å². The lowest BCUT2D eigenvalue weighted by atomic mass is 10.2. The quantitative estimate of drug-likeness (QED) is 0.527. The van der Waals surface area contributed by atoms with Crippen molar-refractivity contribution in [1.29, 1.82) is 0 Å². The normalized spacial score (nSPS) is 10.7. The zero-order valence-corrected chi connectivity index (χ0v) is 17.6. The second-order valence-corrected chi connectivity index (χ2v) is 7.59. The van der Waals surface area contributed by atoms with Crippen LogP contribution in [0.4, 0.5) is 5.69 Å². The van der Waals surface area contributed by atoms with Crippen LogP contribution in [0.25, 0.3) is 11.4 Å². The number of methoxy groups -OCH3 is 1. The fourth-order valence-corrected chi connectivity index (χ4v) is 3.92. The molecule has 1 aromatic heterocycles. The molecule has 1 N–H and O–H groups in total. The number of hydrogen-bond acceptors (Lipinski definition) is 5. The number of benzene rings is 2. The van der Waals surface area contributed by atoms with Crippen molar-refractivity contribution in [2.45, 2.75) is 18.6 Å². The third kappa shape index (κ3) is 4.98. The Bertz CT molecular complexity index is 956. The molecule has 0 saturated heterocycles. The lowest BCUT2D eigenvalue weighted by molar-refractivity contribution is -0.113. The van der Waals surface area contributed by atoms with E-state index in [9.17, 15) is 4.79 Å². The van der Waals surface area contributed by atoms with Gasteiger partial charge in [-0.3, -0.25) is 4.79 Å². The first-order valence-corrected chi connectivity index (χ1v) is 10.2. The number of ether oxygens (including phenoxy) is 1. The molecule has 1 amide bonds. The summed E-state index contributed by atoms with van der Waals surface area (Å²) >= 11 is 13.2. The second-order valence-electron chi connectivity index (χ2n) is 5.77. The molecule has 28 heavy (non-hydrogen) atoms. The molecule has 0 aliphatic heterocycles. The average molecular weight is 437 g/mol. The molecule has 0 aliphatic carbocycles. The standard InChI is InChI=1S/C19H18Cl2N4O2S/c1-3-25-18(12-4-6-16(27-2)7-5-12)23-24-19(25)28-11-17(26)22-15-9-13(20)8-14(21)10-15/h4-10H,3,11H2,1-2H3,(H,22,26). The molecule has 0 saturated carbocycles. The predicted octanol–water partition coefficient (Wildman–Crippen LogP) is 5.01. The van der Waals surface area contributed by atoms with E-state index in [2.05, 4.69) is 15.5 Å². The van der Waals surface area contributed by atoms with Crippen LogP contribution in [0.3, 0.4) is 0 Å². The highest BCUT2D eigenvalue weighted by atomic mass is 35.5. The summed E-state index contributed by atoms with van der Waals surface area (Å²) in [6.45, 7) is 2.69. The van der Waals surface area contributed by atoms with Crippen molar-refractivity contribution in [3.05, 3.63) is 52.5 Å². The van der Waals surface area contributed by atoms with Gasteiger partial charge < -0.3 is 14.6 Å². The van der Waals surface area contributed by atoms with Crippen LogP contribution in [0.15, 0.2) is 47.6 Å². The Morgan fingerprint density at radius 2 is 1.82 bits per heavy atom. The Morgan fingerprint density at radius 3 is 2.43 bits per heavy atom. The first-order chi connectivity index (χ1) is 13.5. The smallest absolute Gasteiger partial charge is 0.234 e. The van der Waals surface area contributed by atoms with Crippen LogP contribution >= 0.6 is 35.0 Å². The summed E-state index contributed by atoms with van der Waals surface area (Å²) < 4.78 is 7.16. The molecule has 2 aromatic carbocycles. The van der Waals surface area contributed by atoms with Crippen LogP contribution in [0.1, 0.15) is 6.92 Å². The Kier molecular flexibility index (Phi) is 6.83. The molecule has 0 unspecified atom stereocenters. The number of carbonyl (C=O) groups excluding carboxylic acids is 1. The SMILES string of the molecule is CCn1c(SCC(=O)Nc2cc(Cl)cc(Cl)c2)nnc1-c1ccc(OC)cc1. The van der Waals surface area contributed by atoms with Crippen molar-refractivity contribution in [3.63, 3.8) is 0 Å². The summed E-state index contributed by atoms with van der Waals surface area (Å²) in [7, 11) is 1.63. The summed E-state index contributed by atoms with van der Waals surface area (Å²) in [5.41, 5.74) is 1.49. The first kappa shape index (κ1) is 20.5. The highest BCUT2D eigenvalue weighted by Crippen LogP contribution is 2.26. The van der Waals surface area contributed by atoms with E-state index in [4.69, 9.17) is 27.9 Å². The van der Waals surface area contributed by atoms with Crippen molar-refractivity contribution >= 4 is 46.6 Å². The van der Waals surface area contributed by atoms with E-state index < -0.39 is 0 Å². The topological polar surface area (TPSA) is 69.0 Å². The molecule has 0 bridgehead atoms. The van der Waals surface area contributed by atoms with Gasteiger partial charge in [-0.2, -0.15) is 0 Å². The molecule has 3 aromatic rings. The summed E-state index contributed by atoms with van der Waals surface area (Å²) in [5.74, 6) is 1.53. The highest BCUT2D eigenvalue weighted by Gasteiger charge is 2.15. The Labute approximate surface area is 177 Å². The van der Waals surface area contributed by atoms with Gasteiger partial charge in [-0.05, 0) is 49.4 Å². The van der Waals surface area contributed by atoms with Crippen LogP contribution in [0.2, 0.25) is 10.0 Å². The van der Waals surface area contributed by atoms with Crippen LogP contribution < -0.4 is 10.1 Å². The number of nitrogens with zero attached hydrogens (tertiary/aromatic N) is 3. The highest BCUT2D eigenvalue weighted by molar-refractivity contribution is 7.99. The molecule has 3 rings (SSSR count). The number of nitrogens with one attached hydrogen (secondary N) is 1. The van der Waals surface area contributed by atoms with Crippen molar-refractivity contribution in [3.8, 4) is 17.1 Å². The lowest BCUT2D eigenvalue weighted by Crippen LogP contribution is -2.14. The maximum atomic E-state index is 12.3. The second kappa shape index (κ2) is 9.32.